The molecule has 10 heavy (non-hydrogen) atoms. The van der Waals surface area contributed by atoms with Gasteiger partial charge < -0.3 is 9.53 Å². The molecule has 0 aromatic heterocycles. The first-order chi connectivity index (χ1) is 4.62. The first kappa shape index (κ1) is 10.1. The fourth-order valence-electron chi connectivity index (χ4n) is 0.765. The van der Waals surface area contributed by atoms with Gasteiger partial charge in [-0.2, -0.15) is 0 Å². The Bertz CT molecular complexity index is 83.7. The fraction of sp³-hybridized carbons (Fsp3) is 1.00. The summed E-state index contributed by atoms with van der Waals surface area (Å²) in [5, 5.41) is 8.50. The summed E-state index contributed by atoms with van der Waals surface area (Å²) in [4.78, 5) is 0. The van der Waals surface area contributed by atoms with Gasteiger partial charge in [0, 0.05) is 12.2 Å². The maximum Gasteiger partial charge on any atom is 0.146 e. The molecule has 1 N–H and O–H groups in total. The van der Waals surface area contributed by atoms with Crippen molar-refractivity contribution in [3.63, 3.8) is 0 Å². The Labute approximate surface area is 66.1 Å². The standard InChI is InChI=1S/C7H18O2Si/c1-7(2,9-10)5-3-4-6-8/h8H,3-6H2,1-2,10H3. The van der Waals surface area contributed by atoms with Crippen molar-refractivity contribution in [3.05, 3.63) is 0 Å². The second-order valence-corrected chi connectivity index (χ2v) is 3.55. The van der Waals surface area contributed by atoms with E-state index in [4.69, 9.17) is 9.53 Å². The lowest BCUT2D eigenvalue weighted by Crippen LogP contribution is -2.22. The van der Waals surface area contributed by atoms with Crippen LogP contribution in [0.3, 0.4) is 0 Å². The summed E-state index contributed by atoms with van der Waals surface area (Å²) >= 11 is 0. The lowest BCUT2D eigenvalue weighted by Gasteiger charge is -2.23. The Balaban J connectivity index is 3.28. The van der Waals surface area contributed by atoms with E-state index in [1.807, 2.05) is 0 Å². The lowest BCUT2D eigenvalue weighted by molar-refractivity contribution is 0.107. The number of unbranched alkanes of at least 4 members (excludes halogenated alkanes) is 1. The molecule has 0 aromatic carbocycles. The van der Waals surface area contributed by atoms with Gasteiger partial charge in [-0.1, -0.05) is 0 Å². The molecule has 0 spiro atoms. The molecular formula is C7H18O2Si. The Morgan fingerprint density at radius 1 is 1.40 bits per heavy atom. The van der Waals surface area contributed by atoms with Crippen LogP contribution in [0.2, 0.25) is 0 Å². The normalized spacial score (nSPS) is 12.3. The van der Waals surface area contributed by atoms with Gasteiger partial charge in [-0.15, -0.1) is 0 Å². The van der Waals surface area contributed by atoms with E-state index >= 15 is 0 Å². The molecule has 0 heterocycles. The molecule has 0 fully saturated rings. The Morgan fingerprint density at radius 3 is 2.40 bits per heavy atom. The summed E-state index contributed by atoms with van der Waals surface area (Å²) in [6.45, 7) is 4.49. The van der Waals surface area contributed by atoms with E-state index in [-0.39, 0.29) is 5.60 Å². The zero-order valence-electron chi connectivity index (χ0n) is 7.18. The third kappa shape index (κ3) is 4.96. The van der Waals surface area contributed by atoms with Crippen molar-refractivity contribution in [2.24, 2.45) is 0 Å². The molecule has 0 aliphatic carbocycles. The Morgan fingerprint density at radius 2 is 2.00 bits per heavy atom. The van der Waals surface area contributed by atoms with Crippen LogP contribution in [-0.2, 0) is 4.43 Å². The molecule has 0 atom stereocenters. The molecule has 0 bridgehead atoms. The van der Waals surface area contributed by atoms with Crippen LogP contribution in [0, 0.1) is 0 Å². The molecule has 0 amide bonds. The van der Waals surface area contributed by atoms with Gasteiger partial charge in [-0.05, 0) is 33.1 Å². The van der Waals surface area contributed by atoms with Crippen molar-refractivity contribution in [1.82, 2.24) is 0 Å². The second kappa shape index (κ2) is 4.88. The monoisotopic (exact) mass is 162 g/mol. The van der Waals surface area contributed by atoms with Crippen LogP contribution in [0.25, 0.3) is 0 Å². The SMILES string of the molecule is CC(C)(CCCCO)O[SiH3]. The molecule has 0 aliphatic heterocycles. The summed E-state index contributed by atoms with van der Waals surface area (Å²) in [6.07, 6.45) is 3.01. The van der Waals surface area contributed by atoms with Crippen molar-refractivity contribution in [2.75, 3.05) is 6.61 Å². The van der Waals surface area contributed by atoms with E-state index in [1.165, 1.54) is 0 Å². The highest BCUT2D eigenvalue weighted by atomic mass is 28.2. The molecule has 62 valence electrons. The minimum atomic E-state index is 0.0430. The summed E-state index contributed by atoms with van der Waals surface area (Å²) in [6, 6.07) is 0. The first-order valence-electron chi connectivity index (χ1n) is 3.78. The third-order valence-corrected chi connectivity index (χ3v) is 2.84. The van der Waals surface area contributed by atoms with Crippen LogP contribution in [0.4, 0.5) is 0 Å². The van der Waals surface area contributed by atoms with Crippen LogP contribution in [-0.4, -0.2) is 27.8 Å². The van der Waals surface area contributed by atoms with E-state index in [2.05, 4.69) is 13.8 Å². The third-order valence-electron chi connectivity index (χ3n) is 1.74. The number of rotatable bonds is 5. The minimum absolute atomic E-state index is 0.0430. The van der Waals surface area contributed by atoms with Crippen LogP contribution in [0.15, 0.2) is 0 Å². The van der Waals surface area contributed by atoms with Crippen molar-refractivity contribution < 1.29 is 9.53 Å². The van der Waals surface area contributed by atoms with Crippen LogP contribution >= 0.6 is 0 Å². The van der Waals surface area contributed by atoms with Gasteiger partial charge in [0.2, 0.25) is 0 Å². The van der Waals surface area contributed by atoms with Gasteiger partial charge in [0.15, 0.2) is 0 Å². The highest BCUT2D eigenvalue weighted by Crippen LogP contribution is 2.15. The molecule has 2 nitrogen and oxygen atoms in total. The van der Waals surface area contributed by atoms with Crippen LogP contribution < -0.4 is 0 Å². The van der Waals surface area contributed by atoms with E-state index in [9.17, 15) is 0 Å². The zero-order valence-corrected chi connectivity index (χ0v) is 9.18. The Hall–Kier alpha value is 0.137. The molecule has 0 saturated heterocycles. The van der Waals surface area contributed by atoms with Gasteiger partial charge in [0.1, 0.15) is 10.5 Å². The van der Waals surface area contributed by atoms with Crippen molar-refractivity contribution in [1.29, 1.82) is 0 Å². The van der Waals surface area contributed by atoms with Gasteiger partial charge in [-0.25, -0.2) is 0 Å². The zero-order chi connectivity index (χ0) is 8.04. The quantitative estimate of drug-likeness (QED) is 0.463. The summed E-state index contributed by atoms with van der Waals surface area (Å²) in [5.74, 6) is 0. The largest absolute Gasteiger partial charge is 0.423 e. The second-order valence-electron chi connectivity index (χ2n) is 3.14. The number of aliphatic hydroxyl groups excluding tert-OH is 1. The first-order valence-corrected chi connectivity index (χ1v) is 4.60. The van der Waals surface area contributed by atoms with Gasteiger partial charge in [0.05, 0.1) is 0 Å². The summed E-state index contributed by atoms with van der Waals surface area (Å²) < 4.78 is 5.34. The molecule has 3 heteroatoms. The predicted octanol–water partition coefficient (Wildman–Crippen LogP) is 0.225. The number of hydrogen-bond donors (Lipinski definition) is 1. The highest BCUT2D eigenvalue weighted by molar-refractivity contribution is 5.98. The molecule has 0 radical (unpaired) electrons. The maximum atomic E-state index is 8.50. The van der Waals surface area contributed by atoms with Crippen molar-refractivity contribution in [2.45, 2.75) is 38.7 Å². The van der Waals surface area contributed by atoms with E-state index in [0.717, 1.165) is 29.7 Å². The number of aliphatic hydroxyl groups is 1. The van der Waals surface area contributed by atoms with Crippen LogP contribution in [0.1, 0.15) is 33.1 Å². The minimum Gasteiger partial charge on any atom is -0.423 e. The van der Waals surface area contributed by atoms with Gasteiger partial charge >= 0.3 is 0 Å². The molecular weight excluding hydrogens is 144 g/mol. The predicted molar refractivity (Wildman–Crippen MR) is 46.0 cm³/mol. The fourth-order valence-corrected chi connectivity index (χ4v) is 0.969. The van der Waals surface area contributed by atoms with Crippen molar-refractivity contribution in [3.8, 4) is 0 Å². The van der Waals surface area contributed by atoms with Crippen molar-refractivity contribution >= 4 is 10.5 Å². The Kier molecular flexibility index (Phi) is 4.94. The molecule has 0 rings (SSSR count). The topological polar surface area (TPSA) is 29.5 Å². The smallest absolute Gasteiger partial charge is 0.146 e. The highest BCUT2D eigenvalue weighted by Gasteiger charge is 2.13. The maximum absolute atomic E-state index is 8.50. The summed E-state index contributed by atoms with van der Waals surface area (Å²) in [7, 11) is 0.803. The lowest BCUT2D eigenvalue weighted by atomic mass is 10.0. The molecule has 0 saturated carbocycles. The average Bonchev–Trinajstić information content (AvgIpc) is 1.89. The van der Waals surface area contributed by atoms with Crippen LogP contribution in [0.5, 0.6) is 0 Å². The summed E-state index contributed by atoms with van der Waals surface area (Å²) in [5.41, 5.74) is 0.0430. The molecule has 0 aliphatic rings. The van der Waals surface area contributed by atoms with Gasteiger partial charge in [-0.3, -0.25) is 0 Å². The molecule has 0 unspecified atom stereocenters. The number of hydrogen-bond acceptors (Lipinski definition) is 2. The van der Waals surface area contributed by atoms with E-state index < -0.39 is 0 Å². The van der Waals surface area contributed by atoms with Gasteiger partial charge in [0.25, 0.3) is 0 Å². The van der Waals surface area contributed by atoms with E-state index in [1.54, 1.807) is 0 Å². The van der Waals surface area contributed by atoms with E-state index in [0.29, 0.717) is 6.61 Å². The molecule has 0 aromatic rings. The average molecular weight is 162 g/mol.